The third kappa shape index (κ3) is 3.37. The lowest BCUT2D eigenvalue weighted by Crippen LogP contribution is -2.07. The van der Waals surface area contributed by atoms with Crippen LogP contribution in [0, 0.1) is 0 Å². The molecule has 0 spiro atoms. The first kappa shape index (κ1) is 17.1. The van der Waals surface area contributed by atoms with E-state index in [1.807, 2.05) is 54.6 Å². The lowest BCUT2D eigenvalue weighted by atomic mass is 10.1. The molecule has 2 aromatic heterocycles. The summed E-state index contributed by atoms with van der Waals surface area (Å²) in [5, 5.41) is 8.52. The number of aromatic nitrogens is 3. The van der Waals surface area contributed by atoms with E-state index >= 15 is 0 Å². The maximum Gasteiger partial charge on any atom is 0.165 e. The Bertz CT molecular complexity index is 1120. The van der Waals surface area contributed by atoms with Crippen LogP contribution in [0.4, 0.5) is 11.5 Å². The molecule has 0 radical (unpaired) electrons. The van der Waals surface area contributed by atoms with Crippen LogP contribution in [0.5, 0.6) is 0 Å². The van der Waals surface area contributed by atoms with Crippen LogP contribution in [0.1, 0.15) is 11.1 Å². The molecule has 0 aliphatic heterocycles. The molecule has 0 atom stereocenters. The molecule has 0 unspecified atom stereocenters. The van der Waals surface area contributed by atoms with Crippen molar-refractivity contribution in [2.75, 3.05) is 11.1 Å². The van der Waals surface area contributed by atoms with E-state index in [9.17, 15) is 0 Å². The van der Waals surface area contributed by atoms with Crippen molar-refractivity contribution >= 4 is 34.8 Å². The van der Waals surface area contributed by atoms with Gasteiger partial charge in [-0.25, -0.2) is 4.98 Å². The Morgan fingerprint density at radius 1 is 1.15 bits per heavy atom. The molecule has 0 aliphatic carbocycles. The van der Waals surface area contributed by atoms with Crippen molar-refractivity contribution in [3.05, 3.63) is 83.5 Å². The molecule has 0 amide bonds. The first-order valence-corrected chi connectivity index (χ1v) is 8.88. The zero-order valence-corrected chi connectivity index (χ0v) is 15.3. The average Bonchev–Trinajstić information content (AvgIpc) is 3.11. The van der Waals surface area contributed by atoms with Gasteiger partial charge in [0, 0.05) is 34.4 Å². The van der Waals surface area contributed by atoms with Gasteiger partial charge in [-0.2, -0.15) is 9.61 Å². The molecule has 6 heteroatoms. The molecule has 4 rings (SSSR count). The highest BCUT2D eigenvalue weighted by molar-refractivity contribution is 6.33. The van der Waals surface area contributed by atoms with Gasteiger partial charge in [0.1, 0.15) is 5.82 Å². The number of nitrogen functional groups attached to an aromatic ring is 1. The van der Waals surface area contributed by atoms with Crippen LogP contribution in [0.3, 0.4) is 0 Å². The summed E-state index contributed by atoms with van der Waals surface area (Å²) in [6.45, 7) is 4.48. The van der Waals surface area contributed by atoms with E-state index in [-0.39, 0.29) is 0 Å². The monoisotopic (exact) mass is 375 g/mol. The van der Waals surface area contributed by atoms with E-state index in [0.29, 0.717) is 11.6 Å². The van der Waals surface area contributed by atoms with E-state index < -0.39 is 0 Å². The van der Waals surface area contributed by atoms with Crippen LogP contribution in [-0.4, -0.2) is 14.6 Å². The van der Waals surface area contributed by atoms with Crippen molar-refractivity contribution < 1.29 is 0 Å². The summed E-state index contributed by atoms with van der Waals surface area (Å²) in [4.78, 5) is 4.75. The Labute approximate surface area is 162 Å². The van der Waals surface area contributed by atoms with Crippen LogP contribution in [0.2, 0.25) is 5.02 Å². The van der Waals surface area contributed by atoms with Crippen LogP contribution < -0.4 is 11.1 Å². The van der Waals surface area contributed by atoms with Gasteiger partial charge in [0.15, 0.2) is 5.65 Å². The molecule has 2 aromatic carbocycles. The summed E-state index contributed by atoms with van der Waals surface area (Å²) < 4.78 is 1.77. The second-order valence-electron chi connectivity index (χ2n) is 6.14. The number of nitrogens with two attached hydrogens (primary N) is 1. The number of rotatable bonds is 5. The standard InChI is InChI=1S/C21H18ClN5/c1-2-15-13-25-27-20(24-12-14-7-9-16(23)10-8-14)11-19(26-21(15)27)17-5-3-4-6-18(17)22/h2-11,13,24H,1,12,23H2. The fourth-order valence-electron chi connectivity index (χ4n) is 2.88. The van der Waals surface area contributed by atoms with Crippen LogP contribution in [0.15, 0.2) is 67.4 Å². The molecule has 2 heterocycles. The smallest absolute Gasteiger partial charge is 0.165 e. The number of hydrogen-bond acceptors (Lipinski definition) is 4. The third-order valence-electron chi connectivity index (χ3n) is 4.32. The van der Waals surface area contributed by atoms with Gasteiger partial charge in [0.05, 0.1) is 11.9 Å². The lowest BCUT2D eigenvalue weighted by Gasteiger charge is -2.12. The molecule has 0 aliphatic rings. The van der Waals surface area contributed by atoms with Crippen molar-refractivity contribution in [3.8, 4) is 11.3 Å². The van der Waals surface area contributed by atoms with Crippen LogP contribution in [0.25, 0.3) is 23.0 Å². The minimum atomic E-state index is 0.630. The second-order valence-corrected chi connectivity index (χ2v) is 6.55. The third-order valence-corrected chi connectivity index (χ3v) is 4.65. The summed E-state index contributed by atoms with van der Waals surface area (Å²) in [6, 6.07) is 17.4. The number of fused-ring (bicyclic) bond motifs is 1. The van der Waals surface area contributed by atoms with Gasteiger partial charge in [-0.1, -0.05) is 54.6 Å². The zero-order valence-electron chi connectivity index (χ0n) is 14.6. The van der Waals surface area contributed by atoms with Gasteiger partial charge >= 0.3 is 0 Å². The summed E-state index contributed by atoms with van der Waals surface area (Å²) in [7, 11) is 0. The van der Waals surface area contributed by atoms with Gasteiger partial charge in [-0.05, 0) is 23.8 Å². The van der Waals surface area contributed by atoms with Crippen molar-refractivity contribution in [3.63, 3.8) is 0 Å². The maximum atomic E-state index is 6.38. The molecule has 5 nitrogen and oxygen atoms in total. The first-order chi connectivity index (χ1) is 13.2. The lowest BCUT2D eigenvalue weighted by molar-refractivity contribution is 0.927. The van der Waals surface area contributed by atoms with E-state index in [0.717, 1.165) is 39.5 Å². The van der Waals surface area contributed by atoms with Crippen molar-refractivity contribution in [2.45, 2.75) is 6.54 Å². The summed E-state index contributed by atoms with van der Waals surface area (Å²) in [5.74, 6) is 0.819. The Hall–Kier alpha value is -3.31. The minimum Gasteiger partial charge on any atom is -0.399 e. The van der Waals surface area contributed by atoms with Crippen LogP contribution in [-0.2, 0) is 6.54 Å². The number of nitrogens with one attached hydrogen (secondary N) is 1. The van der Waals surface area contributed by atoms with Crippen LogP contribution >= 0.6 is 11.6 Å². The molecule has 3 N–H and O–H groups in total. The van der Waals surface area contributed by atoms with Crippen molar-refractivity contribution in [1.29, 1.82) is 0 Å². The van der Waals surface area contributed by atoms with Gasteiger partial charge in [-0.15, -0.1) is 0 Å². The summed E-state index contributed by atoms with van der Waals surface area (Å²) in [5.41, 5.74) is 10.8. The Morgan fingerprint density at radius 3 is 2.67 bits per heavy atom. The summed E-state index contributed by atoms with van der Waals surface area (Å²) in [6.07, 6.45) is 3.50. The molecule has 0 saturated carbocycles. The fraction of sp³-hybridized carbons (Fsp3) is 0.0476. The number of benzene rings is 2. The Kier molecular flexibility index (Phi) is 4.52. The normalized spacial score (nSPS) is 10.9. The molecule has 0 bridgehead atoms. The molecular formula is C21H18ClN5. The van der Waals surface area contributed by atoms with Gasteiger partial charge in [-0.3, -0.25) is 0 Å². The highest BCUT2D eigenvalue weighted by Crippen LogP contribution is 2.29. The van der Waals surface area contributed by atoms with E-state index in [1.54, 1.807) is 16.8 Å². The largest absolute Gasteiger partial charge is 0.399 e. The predicted molar refractivity (Wildman–Crippen MR) is 112 cm³/mol. The van der Waals surface area contributed by atoms with Gasteiger partial charge in [0.25, 0.3) is 0 Å². The molecule has 4 aromatic rings. The van der Waals surface area contributed by atoms with Crippen molar-refractivity contribution in [2.24, 2.45) is 0 Å². The predicted octanol–water partition coefficient (Wildman–Crippen LogP) is 4.89. The minimum absolute atomic E-state index is 0.630. The highest BCUT2D eigenvalue weighted by Gasteiger charge is 2.13. The highest BCUT2D eigenvalue weighted by atomic mass is 35.5. The maximum absolute atomic E-state index is 6.38. The summed E-state index contributed by atoms with van der Waals surface area (Å²) >= 11 is 6.38. The van der Waals surface area contributed by atoms with Gasteiger partial charge in [0.2, 0.25) is 0 Å². The first-order valence-electron chi connectivity index (χ1n) is 8.50. The fourth-order valence-corrected chi connectivity index (χ4v) is 3.12. The number of hydrogen-bond donors (Lipinski definition) is 2. The molecule has 134 valence electrons. The van der Waals surface area contributed by atoms with Gasteiger partial charge < -0.3 is 11.1 Å². The number of nitrogens with zero attached hydrogens (tertiary/aromatic N) is 3. The zero-order chi connectivity index (χ0) is 18.8. The SMILES string of the molecule is C=Cc1cnn2c(NCc3ccc(N)cc3)cc(-c3ccccc3Cl)nc12. The molecule has 27 heavy (non-hydrogen) atoms. The van der Waals surface area contributed by atoms with Crippen molar-refractivity contribution in [1.82, 2.24) is 14.6 Å². The molecule has 0 fully saturated rings. The second kappa shape index (κ2) is 7.13. The molecule has 0 saturated heterocycles. The van der Waals surface area contributed by atoms with E-state index in [2.05, 4.69) is 17.0 Å². The molecular weight excluding hydrogens is 358 g/mol. The quantitative estimate of drug-likeness (QED) is 0.487. The van der Waals surface area contributed by atoms with E-state index in [1.165, 1.54) is 0 Å². The van der Waals surface area contributed by atoms with E-state index in [4.69, 9.17) is 22.3 Å². The Balaban J connectivity index is 1.78. The average molecular weight is 376 g/mol. The topological polar surface area (TPSA) is 68.2 Å². The number of anilines is 2. The Morgan fingerprint density at radius 2 is 1.93 bits per heavy atom. The number of halogens is 1.